The number of nitrogens with zero attached hydrogens (tertiary/aromatic N) is 3. The van der Waals surface area contributed by atoms with Gasteiger partial charge in [0.05, 0.1) is 20.8 Å². The van der Waals surface area contributed by atoms with E-state index >= 15 is 0 Å². The zero-order valence-corrected chi connectivity index (χ0v) is 33.5. The van der Waals surface area contributed by atoms with E-state index in [4.69, 9.17) is 14.4 Å². The van der Waals surface area contributed by atoms with Crippen LogP contribution in [0.5, 0.6) is 0 Å². The van der Waals surface area contributed by atoms with Crippen LogP contribution in [0, 0.1) is 26.0 Å². The van der Waals surface area contributed by atoms with Crippen molar-refractivity contribution in [3.63, 3.8) is 0 Å². The van der Waals surface area contributed by atoms with Gasteiger partial charge in [0, 0.05) is 54.9 Å². The predicted molar refractivity (Wildman–Crippen MR) is 210 cm³/mol. The number of thiazole rings is 1. The number of benzene rings is 4. The normalized spacial score (nSPS) is 11.8. The van der Waals surface area contributed by atoms with E-state index in [2.05, 4.69) is 115 Å². The van der Waals surface area contributed by atoms with Crippen LogP contribution in [-0.2, 0) is 30.9 Å². The molecule has 0 aliphatic heterocycles. The maximum absolute atomic E-state index is 6.51. The number of aryl methyl sites for hydroxylation is 2. The minimum absolute atomic E-state index is 0. The van der Waals surface area contributed by atoms with Gasteiger partial charge in [0.2, 0.25) is 0 Å². The first-order valence-electron chi connectivity index (χ1n) is 17.0. The van der Waals surface area contributed by atoms with Gasteiger partial charge in [0.1, 0.15) is 5.58 Å². The summed E-state index contributed by atoms with van der Waals surface area (Å²) in [7, 11) is 0. The van der Waals surface area contributed by atoms with E-state index in [9.17, 15) is 0 Å². The molecule has 0 saturated heterocycles. The zero-order valence-electron chi connectivity index (χ0n) is 30.3. The van der Waals surface area contributed by atoms with Crippen molar-refractivity contribution in [2.75, 3.05) is 0 Å². The smallest absolute Gasteiger partial charge is 0.123 e. The van der Waals surface area contributed by atoms with Crippen molar-refractivity contribution >= 4 is 43.5 Å². The van der Waals surface area contributed by atoms with Gasteiger partial charge >= 0.3 is 0 Å². The van der Waals surface area contributed by atoms with E-state index in [0.717, 1.165) is 55.0 Å². The number of hydrogen-bond acceptors (Lipinski definition) is 5. The quantitative estimate of drug-likeness (QED) is 0.166. The van der Waals surface area contributed by atoms with Gasteiger partial charge in [-0.05, 0) is 65.0 Å². The van der Waals surface area contributed by atoms with E-state index in [1.807, 2.05) is 54.7 Å². The van der Waals surface area contributed by atoms with Crippen molar-refractivity contribution in [2.24, 2.45) is 0 Å². The number of aromatic nitrogens is 3. The Kier molecular flexibility index (Phi) is 10.2. The Morgan fingerprint density at radius 1 is 0.706 bits per heavy atom. The van der Waals surface area contributed by atoms with Crippen molar-refractivity contribution in [1.82, 2.24) is 15.0 Å². The summed E-state index contributed by atoms with van der Waals surface area (Å²) in [5.74, 6) is 0. The van der Waals surface area contributed by atoms with Crippen LogP contribution in [-0.4, -0.2) is 15.0 Å². The second kappa shape index (κ2) is 14.3. The number of pyridine rings is 2. The van der Waals surface area contributed by atoms with E-state index in [1.54, 1.807) is 17.5 Å². The van der Waals surface area contributed by atoms with Gasteiger partial charge in [-0.15, -0.1) is 65.4 Å². The summed E-state index contributed by atoms with van der Waals surface area (Å²) in [6.45, 7) is 17.8. The zero-order chi connectivity index (χ0) is 35.2. The average Bonchev–Trinajstić information content (AvgIpc) is 3.69. The third-order valence-electron chi connectivity index (χ3n) is 8.95. The fraction of sp³-hybridized carbons (Fsp3) is 0.222. The largest absolute Gasteiger partial charge is 0.501 e. The molecule has 0 atom stereocenters. The molecule has 4 nitrogen and oxygen atoms in total. The van der Waals surface area contributed by atoms with Crippen LogP contribution < -0.4 is 0 Å². The molecule has 0 saturated carbocycles. The number of hydrogen-bond donors (Lipinski definition) is 0. The Labute approximate surface area is 318 Å². The van der Waals surface area contributed by atoms with E-state index in [1.165, 1.54) is 32.5 Å². The van der Waals surface area contributed by atoms with Gasteiger partial charge in [-0.1, -0.05) is 88.9 Å². The molecule has 0 amide bonds. The van der Waals surface area contributed by atoms with Crippen molar-refractivity contribution < 1.29 is 24.5 Å². The molecular weight excluding hydrogens is 823 g/mol. The number of furan rings is 1. The minimum Gasteiger partial charge on any atom is -0.501 e. The third kappa shape index (κ3) is 7.32. The molecule has 259 valence electrons. The van der Waals surface area contributed by atoms with Crippen LogP contribution in [0.4, 0.5) is 0 Å². The summed E-state index contributed by atoms with van der Waals surface area (Å²) in [6, 6.07) is 37.4. The molecule has 0 aliphatic carbocycles. The average molecular weight is 864 g/mol. The predicted octanol–water partition coefficient (Wildman–Crippen LogP) is 12.5. The molecule has 0 aliphatic rings. The molecule has 0 spiro atoms. The van der Waals surface area contributed by atoms with Crippen molar-refractivity contribution in [1.29, 1.82) is 0 Å². The van der Waals surface area contributed by atoms with E-state index in [0.29, 0.717) is 0 Å². The van der Waals surface area contributed by atoms with Crippen LogP contribution in [0.15, 0.2) is 108 Å². The molecule has 8 aromatic rings. The van der Waals surface area contributed by atoms with Gasteiger partial charge in [-0.3, -0.25) is 0 Å². The first-order valence-corrected chi connectivity index (χ1v) is 17.8. The fourth-order valence-electron chi connectivity index (χ4n) is 6.40. The standard InChI is InChI=1S/C34H33N2OS.C11H8N.Ir/c1-19-11-9-12-20(2)30(19)24-18-35-26(16-25(24)33(3,4)5)22-14-10-13-21-23-15-29-27(17-28(23)37-31(21)22)36-32(38-29)34(6,7)8;1-2-6-10(7-3-1)11-8-4-5-9-12-11;/h9-13,15-18H,1-8H3;1-6,8-9H;/q2*-1;. The van der Waals surface area contributed by atoms with Crippen molar-refractivity contribution in [3.8, 4) is 33.6 Å². The summed E-state index contributed by atoms with van der Waals surface area (Å²) in [5.41, 5.74) is 12.6. The molecule has 1 radical (unpaired) electrons. The molecule has 8 rings (SSSR count). The Hall–Kier alpha value is -4.48. The van der Waals surface area contributed by atoms with Gasteiger partial charge < -0.3 is 14.4 Å². The fourth-order valence-corrected chi connectivity index (χ4v) is 7.44. The molecule has 4 heterocycles. The molecular formula is C45H41IrN3OS-2. The Bertz CT molecular complexity index is 2410. The van der Waals surface area contributed by atoms with Crippen LogP contribution in [0.2, 0.25) is 0 Å². The SMILES string of the molecule is Cc1cccc(C)c1-c1cnc(-c2[c-]ccc3c2oc2cc4nc(C(C)(C)C)sc4cc23)cc1C(C)(C)C.[Ir].[c-]1ccccc1-c1ccccn1. The topological polar surface area (TPSA) is 51.8 Å². The van der Waals surface area contributed by atoms with Crippen molar-refractivity contribution in [3.05, 3.63) is 137 Å². The third-order valence-corrected chi connectivity index (χ3v) is 10.4. The summed E-state index contributed by atoms with van der Waals surface area (Å²) in [6.07, 6.45) is 3.82. The Balaban J connectivity index is 0.000000291. The maximum atomic E-state index is 6.51. The molecule has 51 heavy (non-hydrogen) atoms. The second-order valence-corrected chi connectivity index (χ2v) is 15.9. The van der Waals surface area contributed by atoms with Crippen LogP contribution >= 0.6 is 11.3 Å². The summed E-state index contributed by atoms with van der Waals surface area (Å²) in [5, 5.41) is 3.33. The summed E-state index contributed by atoms with van der Waals surface area (Å²) < 4.78 is 7.70. The van der Waals surface area contributed by atoms with Gasteiger partial charge in [0.25, 0.3) is 0 Å². The molecule has 0 fully saturated rings. The van der Waals surface area contributed by atoms with Gasteiger partial charge in [0.15, 0.2) is 0 Å². The maximum Gasteiger partial charge on any atom is 0.123 e. The minimum atomic E-state index is -0.0652. The van der Waals surface area contributed by atoms with Gasteiger partial charge in [-0.2, -0.15) is 0 Å². The first-order chi connectivity index (χ1) is 23.9. The number of rotatable bonds is 3. The monoisotopic (exact) mass is 864 g/mol. The van der Waals surface area contributed by atoms with Crippen LogP contribution in [0.1, 0.15) is 63.2 Å². The molecule has 6 heteroatoms. The Morgan fingerprint density at radius 2 is 1.47 bits per heavy atom. The van der Waals surface area contributed by atoms with Crippen LogP contribution in [0.25, 0.3) is 65.8 Å². The second-order valence-electron chi connectivity index (χ2n) is 14.9. The number of fused-ring (bicyclic) bond motifs is 4. The summed E-state index contributed by atoms with van der Waals surface area (Å²) in [4.78, 5) is 14.1. The van der Waals surface area contributed by atoms with E-state index in [-0.39, 0.29) is 30.9 Å². The van der Waals surface area contributed by atoms with E-state index < -0.39 is 0 Å². The summed E-state index contributed by atoms with van der Waals surface area (Å²) >= 11 is 1.77. The van der Waals surface area contributed by atoms with Crippen LogP contribution in [0.3, 0.4) is 0 Å². The van der Waals surface area contributed by atoms with Crippen molar-refractivity contribution in [2.45, 2.75) is 66.2 Å². The molecule has 0 N–H and O–H groups in total. The molecule has 4 aromatic carbocycles. The molecule has 0 bridgehead atoms. The van der Waals surface area contributed by atoms with Gasteiger partial charge in [-0.25, -0.2) is 4.98 Å². The molecule has 4 aromatic heterocycles. The Morgan fingerprint density at radius 3 is 2.14 bits per heavy atom. The first kappa shape index (κ1) is 36.3. The molecule has 0 unspecified atom stereocenters.